The molecule has 1 amide bonds. The second kappa shape index (κ2) is 7.87. The van der Waals surface area contributed by atoms with Gasteiger partial charge in [-0.1, -0.05) is 37.3 Å². The number of carbonyl (C=O) groups is 1. The Kier molecular flexibility index (Phi) is 5.57. The molecule has 2 unspecified atom stereocenters. The number of pyridine rings is 1. The van der Waals surface area contributed by atoms with Gasteiger partial charge in [-0.25, -0.2) is 4.98 Å². The lowest BCUT2D eigenvalue weighted by atomic mass is 9.97. The second-order valence-electron chi connectivity index (χ2n) is 7.47. The molecule has 1 aromatic heterocycles. The number of aromatic nitrogens is 1. The molecule has 0 aliphatic carbocycles. The molecule has 2 atom stereocenters. The van der Waals surface area contributed by atoms with Crippen LogP contribution in [0.2, 0.25) is 0 Å². The Morgan fingerprint density at radius 3 is 2.62 bits per heavy atom. The van der Waals surface area contributed by atoms with Crippen molar-refractivity contribution in [3.05, 3.63) is 53.7 Å². The summed E-state index contributed by atoms with van der Waals surface area (Å²) in [5.41, 5.74) is 3.01. The van der Waals surface area contributed by atoms with Crippen LogP contribution in [0.15, 0.2) is 42.5 Å². The molecule has 1 aliphatic heterocycles. The van der Waals surface area contributed by atoms with Crippen molar-refractivity contribution in [2.24, 2.45) is 11.8 Å². The molecular weight excluding hydrogens is 324 g/mol. The number of likely N-dealkylation sites (tertiary alicyclic amines) is 1. The van der Waals surface area contributed by atoms with E-state index in [2.05, 4.69) is 46.4 Å². The molecule has 1 aliphatic rings. The summed E-state index contributed by atoms with van der Waals surface area (Å²) >= 11 is 0. The summed E-state index contributed by atoms with van der Waals surface area (Å²) in [7, 11) is 3.88. The maximum Gasteiger partial charge on any atom is 0.229 e. The van der Waals surface area contributed by atoms with Gasteiger partial charge in [-0.2, -0.15) is 0 Å². The standard InChI is InChI=1S/C21H28N4O/c1-15-12-25(13-17-8-6-5-7-9-17)14-18(15)21(26)23-19-11-10-16(2)22-20(19)24(3)4/h5-11,15,18H,12-14H2,1-4H3,(H,23,26). The number of nitrogens with one attached hydrogen (secondary N) is 1. The van der Waals surface area contributed by atoms with E-state index in [4.69, 9.17) is 0 Å². The van der Waals surface area contributed by atoms with Gasteiger partial charge in [-0.15, -0.1) is 0 Å². The molecule has 0 spiro atoms. The van der Waals surface area contributed by atoms with Crippen molar-refractivity contribution in [1.82, 2.24) is 9.88 Å². The van der Waals surface area contributed by atoms with Crippen LogP contribution in [0.1, 0.15) is 18.2 Å². The highest BCUT2D eigenvalue weighted by Gasteiger charge is 2.35. The molecule has 26 heavy (non-hydrogen) atoms. The van der Waals surface area contributed by atoms with Crippen LogP contribution in [0.5, 0.6) is 0 Å². The normalized spacial score (nSPS) is 20.2. The van der Waals surface area contributed by atoms with Crippen LogP contribution in [0, 0.1) is 18.8 Å². The first kappa shape index (κ1) is 18.4. The number of benzene rings is 1. The van der Waals surface area contributed by atoms with Crippen molar-refractivity contribution in [1.29, 1.82) is 0 Å². The Morgan fingerprint density at radius 2 is 1.92 bits per heavy atom. The summed E-state index contributed by atoms with van der Waals surface area (Å²) in [4.78, 5) is 21.7. The molecule has 3 rings (SSSR count). The van der Waals surface area contributed by atoms with Crippen molar-refractivity contribution >= 4 is 17.4 Å². The number of nitrogens with zero attached hydrogens (tertiary/aromatic N) is 3. The summed E-state index contributed by atoms with van der Waals surface area (Å²) in [5, 5.41) is 3.11. The topological polar surface area (TPSA) is 48.5 Å². The van der Waals surface area contributed by atoms with Gasteiger partial charge in [0.25, 0.3) is 0 Å². The summed E-state index contributed by atoms with van der Waals surface area (Å²) in [6.07, 6.45) is 0. The first-order valence-corrected chi connectivity index (χ1v) is 9.16. The van der Waals surface area contributed by atoms with Gasteiger partial charge in [0.05, 0.1) is 11.6 Å². The molecule has 5 heteroatoms. The third-order valence-corrected chi connectivity index (χ3v) is 4.97. The van der Waals surface area contributed by atoms with Gasteiger partial charge in [-0.3, -0.25) is 9.69 Å². The third-order valence-electron chi connectivity index (χ3n) is 4.97. The van der Waals surface area contributed by atoms with Gasteiger partial charge >= 0.3 is 0 Å². The van der Waals surface area contributed by atoms with Crippen molar-refractivity contribution < 1.29 is 4.79 Å². The Hall–Kier alpha value is -2.40. The van der Waals surface area contributed by atoms with Crippen LogP contribution in [-0.2, 0) is 11.3 Å². The first-order chi connectivity index (χ1) is 12.4. The zero-order valence-electron chi connectivity index (χ0n) is 16.1. The van der Waals surface area contributed by atoms with Crippen molar-refractivity contribution in [2.45, 2.75) is 20.4 Å². The van der Waals surface area contributed by atoms with E-state index >= 15 is 0 Å². The number of anilines is 2. The van der Waals surface area contributed by atoms with E-state index in [1.54, 1.807) is 0 Å². The molecular formula is C21H28N4O. The predicted octanol–water partition coefficient (Wildman–Crippen LogP) is 3.16. The van der Waals surface area contributed by atoms with E-state index < -0.39 is 0 Å². The summed E-state index contributed by atoms with van der Waals surface area (Å²) < 4.78 is 0. The van der Waals surface area contributed by atoms with E-state index in [1.807, 2.05) is 44.1 Å². The fourth-order valence-electron chi connectivity index (χ4n) is 3.59. The quantitative estimate of drug-likeness (QED) is 0.898. The highest BCUT2D eigenvalue weighted by Crippen LogP contribution is 2.28. The van der Waals surface area contributed by atoms with E-state index in [9.17, 15) is 4.79 Å². The second-order valence-corrected chi connectivity index (χ2v) is 7.47. The fraction of sp³-hybridized carbons (Fsp3) is 0.429. The third kappa shape index (κ3) is 4.22. The average molecular weight is 352 g/mol. The molecule has 1 aromatic carbocycles. The van der Waals surface area contributed by atoms with Crippen LogP contribution in [0.4, 0.5) is 11.5 Å². The van der Waals surface area contributed by atoms with Gasteiger partial charge in [-0.05, 0) is 30.5 Å². The highest BCUT2D eigenvalue weighted by atomic mass is 16.2. The number of hydrogen-bond acceptors (Lipinski definition) is 4. The zero-order valence-corrected chi connectivity index (χ0v) is 16.1. The molecule has 2 aromatic rings. The number of amides is 1. The molecule has 0 bridgehead atoms. The Morgan fingerprint density at radius 1 is 1.19 bits per heavy atom. The molecule has 1 fully saturated rings. The van der Waals surface area contributed by atoms with Crippen LogP contribution >= 0.6 is 0 Å². The Balaban J connectivity index is 1.67. The molecule has 5 nitrogen and oxygen atoms in total. The SMILES string of the molecule is Cc1ccc(NC(=O)C2CN(Cc3ccccc3)CC2C)c(N(C)C)n1. The van der Waals surface area contributed by atoms with Crippen molar-refractivity contribution in [2.75, 3.05) is 37.4 Å². The minimum Gasteiger partial charge on any atom is -0.361 e. The highest BCUT2D eigenvalue weighted by molar-refractivity contribution is 5.95. The smallest absolute Gasteiger partial charge is 0.229 e. The Bertz CT molecular complexity index is 760. The van der Waals surface area contributed by atoms with Gasteiger partial charge < -0.3 is 10.2 Å². The van der Waals surface area contributed by atoms with Crippen LogP contribution in [0.3, 0.4) is 0 Å². The number of carbonyl (C=O) groups excluding carboxylic acids is 1. The van der Waals surface area contributed by atoms with Gasteiger partial charge in [0.15, 0.2) is 5.82 Å². The zero-order chi connectivity index (χ0) is 18.7. The lowest BCUT2D eigenvalue weighted by Gasteiger charge is -2.20. The van der Waals surface area contributed by atoms with E-state index in [-0.39, 0.29) is 11.8 Å². The van der Waals surface area contributed by atoms with Gasteiger partial charge in [0.2, 0.25) is 5.91 Å². The number of aryl methyl sites for hydroxylation is 1. The maximum absolute atomic E-state index is 12.9. The first-order valence-electron chi connectivity index (χ1n) is 9.16. The van der Waals surface area contributed by atoms with Crippen molar-refractivity contribution in [3.63, 3.8) is 0 Å². The largest absolute Gasteiger partial charge is 0.361 e. The lowest BCUT2D eigenvalue weighted by molar-refractivity contribution is -0.120. The average Bonchev–Trinajstić information content (AvgIpc) is 2.97. The molecule has 1 N–H and O–H groups in total. The Labute approximate surface area is 156 Å². The number of rotatable bonds is 5. The fourth-order valence-corrected chi connectivity index (χ4v) is 3.59. The van der Waals surface area contributed by atoms with Crippen LogP contribution in [-0.4, -0.2) is 43.0 Å². The molecule has 2 heterocycles. The summed E-state index contributed by atoms with van der Waals surface area (Å²) in [6, 6.07) is 14.3. The molecule has 0 saturated carbocycles. The van der Waals surface area contributed by atoms with E-state index in [0.717, 1.165) is 36.8 Å². The van der Waals surface area contributed by atoms with Crippen molar-refractivity contribution in [3.8, 4) is 0 Å². The molecule has 1 saturated heterocycles. The minimum absolute atomic E-state index is 0.00460. The van der Waals surface area contributed by atoms with Crippen LogP contribution < -0.4 is 10.2 Å². The van der Waals surface area contributed by atoms with E-state index in [1.165, 1.54) is 5.56 Å². The molecule has 0 radical (unpaired) electrons. The maximum atomic E-state index is 12.9. The van der Waals surface area contributed by atoms with Gasteiger partial charge in [0.1, 0.15) is 0 Å². The van der Waals surface area contributed by atoms with E-state index in [0.29, 0.717) is 5.92 Å². The summed E-state index contributed by atoms with van der Waals surface area (Å²) in [6.45, 7) is 6.75. The number of hydrogen-bond donors (Lipinski definition) is 1. The predicted molar refractivity (Wildman–Crippen MR) is 106 cm³/mol. The molecule has 138 valence electrons. The monoisotopic (exact) mass is 352 g/mol. The van der Waals surface area contributed by atoms with Crippen LogP contribution in [0.25, 0.3) is 0 Å². The summed E-state index contributed by atoms with van der Waals surface area (Å²) in [5.74, 6) is 1.21. The lowest BCUT2D eigenvalue weighted by Crippen LogP contribution is -2.29. The van der Waals surface area contributed by atoms with Gasteiger partial charge in [0, 0.05) is 39.4 Å². The minimum atomic E-state index is -0.00460.